The normalized spacial score (nSPS) is 19.6. The lowest BCUT2D eigenvalue weighted by molar-refractivity contribution is 0.376. The van der Waals surface area contributed by atoms with Crippen LogP contribution in [0.25, 0.3) is 21.9 Å². The van der Waals surface area contributed by atoms with Crippen molar-refractivity contribution in [2.24, 2.45) is 5.92 Å². The number of hydrogen-bond donors (Lipinski definition) is 0. The molecule has 0 N–H and O–H groups in total. The van der Waals surface area contributed by atoms with Gasteiger partial charge in [-0.3, -0.25) is 0 Å². The Balaban J connectivity index is 1.63. The number of halogens is 3. The van der Waals surface area contributed by atoms with Crippen LogP contribution in [-0.4, -0.2) is 0 Å². The minimum atomic E-state index is -1.10. The first-order valence-electron chi connectivity index (χ1n) is 10.9. The van der Waals surface area contributed by atoms with Crippen molar-refractivity contribution in [1.82, 2.24) is 0 Å². The average molecular weight is 409 g/mol. The molecule has 4 rings (SSSR count). The van der Waals surface area contributed by atoms with Crippen LogP contribution < -0.4 is 0 Å². The summed E-state index contributed by atoms with van der Waals surface area (Å²) in [5.41, 5.74) is 2.51. The molecule has 0 spiro atoms. The van der Waals surface area contributed by atoms with Crippen molar-refractivity contribution in [3.05, 3.63) is 83.2 Å². The largest absolute Gasteiger partial charge is 0.206 e. The molecule has 1 fully saturated rings. The molecule has 0 saturated heterocycles. The fourth-order valence-electron chi connectivity index (χ4n) is 4.77. The highest BCUT2D eigenvalue weighted by Crippen LogP contribution is 2.38. The molecule has 1 aliphatic carbocycles. The van der Waals surface area contributed by atoms with Crippen molar-refractivity contribution in [2.75, 3.05) is 0 Å². The van der Waals surface area contributed by atoms with E-state index in [0.29, 0.717) is 34.8 Å². The van der Waals surface area contributed by atoms with E-state index in [0.717, 1.165) is 12.8 Å². The maximum absolute atomic E-state index is 15.2. The molecule has 0 nitrogen and oxygen atoms in total. The van der Waals surface area contributed by atoms with Gasteiger partial charge in [-0.2, -0.15) is 0 Å². The van der Waals surface area contributed by atoms with Gasteiger partial charge < -0.3 is 0 Å². The summed E-state index contributed by atoms with van der Waals surface area (Å²) >= 11 is 0. The minimum Gasteiger partial charge on any atom is -0.206 e. The van der Waals surface area contributed by atoms with Gasteiger partial charge in [0.1, 0.15) is 5.82 Å². The van der Waals surface area contributed by atoms with Crippen molar-refractivity contribution in [3.8, 4) is 11.1 Å². The summed E-state index contributed by atoms with van der Waals surface area (Å²) in [6.45, 7) is 3.82. The van der Waals surface area contributed by atoms with Gasteiger partial charge in [-0.25, -0.2) is 13.2 Å². The molecule has 1 aliphatic rings. The molecule has 3 heteroatoms. The van der Waals surface area contributed by atoms with E-state index in [-0.39, 0.29) is 10.9 Å². The van der Waals surface area contributed by atoms with E-state index in [1.165, 1.54) is 24.5 Å². The van der Waals surface area contributed by atoms with Crippen LogP contribution in [0.2, 0.25) is 0 Å². The SMILES string of the molecule is C/C=C/C1CCC(c2ccc(-c3ccc4cc(CC)c(F)c(F)c4c3F)cc2)CC1. The molecule has 30 heavy (non-hydrogen) atoms. The first-order chi connectivity index (χ1) is 14.5. The smallest absolute Gasteiger partial charge is 0.169 e. The first-order valence-corrected chi connectivity index (χ1v) is 10.9. The van der Waals surface area contributed by atoms with E-state index >= 15 is 4.39 Å². The van der Waals surface area contributed by atoms with Gasteiger partial charge in [0.05, 0.1) is 5.39 Å². The fraction of sp³-hybridized carbons (Fsp3) is 0.333. The summed E-state index contributed by atoms with van der Waals surface area (Å²) in [5.74, 6) is -1.55. The number of hydrogen-bond acceptors (Lipinski definition) is 0. The zero-order chi connectivity index (χ0) is 21.3. The molecule has 1 saturated carbocycles. The number of fused-ring (bicyclic) bond motifs is 1. The number of allylic oxidation sites excluding steroid dienone is 2. The number of aryl methyl sites for hydroxylation is 1. The monoisotopic (exact) mass is 408 g/mol. The topological polar surface area (TPSA) is 0 Å². The lowest BCUT2D eigenvalue weighted by atomic mass is 9.78. The summed E-state index contributed by atoms with van der Waals surface area (Å²) in [4.78, 5) is 0. The maximum Gasteiger partial charge on any atom is 0.169 e. The number of benzene rings is 3. The fourth-order valence-corrected chi connectivity index (χ4v) is 4.77. The van der Waals surface area contributed by atoms with E-state index in [9.17, 15) is 8.78 Å². The first kappa shape index (κ1) is 20.7. The third-order valence-corrected chi connectivity index (χ3v) is 6.51. The predicted octanol–water partition coefficient (Wildman–Crippen LogP) is 8.34. The molecule has 156 valence electrons. The second kappa shape index (κ2) is 8.67. The van der Waals surface area contributed by atoms with E-state index in [2.05, 4.69) is 31.2 Å². The molecule has 0 aromatic heterocycles. The Labute approximate surface area is 176 Å². The third kappa shape index (κ3) is 3.78. The van der Waals surface area contributed by atoms with E-state index in [1.54, 1.807) is 19.1 Å². The van der Waals surface area contributed by atoms with Crippen LogP contribution in [0.15, 0.2) is 54.6 Å². The van der Waals surface area contributed by atoms with Crippen LogP contribution in [0.1, 0.15) is 56.6 Å². The molecule has 0 bridgehead atoms. The van der Waals surface area contributed by atoms with E-state index in [4.69, 9.17) is 0 Å². The summed E-state index contributed by atoms with van der Waals surface area (Å²) < 4.78 is 44.0. The Morgan fingerprint density at radius 2 is 1.57 bits per heavy atom. The molecular weight excluding hydrogens is 381 g/mol. The van der Waals surface area contributed by atoms with Crippen LogP contribution in [0, 0.1) is 23.4 Å². The van der Waals surface area contributed by atoms with Gasteiger partial charge in [0.15, 0.2) is 11.6 Å². The standard InChI is InChI=1S/C27H27F3/c1-3-5-17-6-8-19(9-7-17)20-10-12-21(13-11-20)23-15-14-22-16-18(4-2)25(28)27(30)24(22)26(23)29/h3,5,10-17,19H,4,6-9H2,1-2H3/b5-3+. The van der Waals surface area contributed by atoms with Crippen molar-refractivity contribution >= 4 is 10.8 Å². The molecular formula is C27H27F3. The van der Waals surface area contributed by atoms with Gasteiger partial charge in [0, 0.05) is 5.56 Å². The van der Waals surface area contributed by atoms with Crippen molar-refractivity contribution in [3.63, 3.8) is 0 Å². The van der Waals surface area contributed by atoms with Crippen molar-refractivity contribution < 1.29 is 13.2 Å². The molecule has 0 heterocycles. The Morgan fingerprint density at radius 1 is 0.867 bits per heavy atom. The summed E-state index contributed by atoms with van der Waals surface area (Å²) in [6, 6.07) is 12.8. The highest BCUT2D eigenvalue weighted by molar-refractivity contribution is 5.89. The van der Waals surface area contributed by atoms with Crippen molar-refractivity contribution in [2.45, 2.75) is 51.9 Å². The maximum atomic E-state index is 15.2. The summed E-state index contributed by atoms with van der Waals surface area (Å²) in [7, 11) is 0. The van der Waals surface area contributed by atoms with Crippen molar-refractivity contribution in [1.29, 1.82) is 0 Å². The Bertz CT molecular complexity index is 1070. The Morgan fingerprint density at radius 3 is 2.20 bits per heavy atom. The predicted molar refractivity (Wildman–Crippen MR) is 118 cm³/mol. The van der Waals surface area contributed by atoms with Crippen LogP contribution >= 0.6 is 0 Å². The second-order valence-electron chi connectivity index (χ2n) is 8.30. The van der Waals surface area contributed by atoms with Gasteiger partial charge in [0.25, 0.3) is 0 Å². The molecule has 0 radical (unpaired) electrons. The molecule has 0 amide bonds. The lowest BCUT2D eigenvalue weighted by Gasteiger charge is -2.27. The minimum absolute atomic E-state index is 0.264. The molecule has 0 atom stereocenters. The highest BCUT2D eigenvalue weighted by Gasteiger charge is 2.22. The molecule has 3 aromatic carbocycles. The Hall–Kier alpha value is -2.55. The summed E-state index contributed by atoms with van der Waals surface area (Å²) in [5, 5.41) is 0.120. The lowest BCUT2D eigenvalue weighted by Crippen LogP contribution is -2.11. The van der Waals surface area contributed by atoms with Gasteiger partial charge >= 0.3 is 0 Å². The Kier molecular flexibility index (Phi) is 5.99. The zero-order valence-electron chi connectivity index (χ0n) is 17.5. The number of rotatable bonds is 4. The highest BCUT2D eigenvalue weighted by atomic mass is 19.2. The van der Waals surface area contributed by atoms with Gasteiger partial charge in [0.2, 0.25) is 0 Å². The van der Waals surface area contributed by atoms with E-state index in [1.807, 2.05) is 12.1 Å². The quantitative estimate of drug-likeness (QED) is 0.381. The third-order valence-electron chi connectivity index (χ3n) is 6.51. The van der Waals surface area contributed by atoms with Gasteiger partial charge in [-0.05, 0) is 79.0 Å². The second-order valence-corrected chi connectivity index (χ2v) is 8.30. The molecule has 3 aromatic rings. The summed E-state index contributed by atoms with van der Waals surface area (Å²) in [6.07, 6.45) is 9.50. The zero-order valence-corrected chi connectivity index (χ0v) is 17.5. The average Bonchev–Trinajstić information content (AvgIpc) is 2.77. The van der Waals surface area contributed by atoms with Crippen LogP contribution in [0.4, 0.5) is 13.2 Å². The molecule has 0 aliphatic heterocycles. The van der Waals surface area contributed by atoms with Crippen LogP contribution in [0.3, 0.4) is 0 Å². The molecule has 0 unspecified atom stereocenters. The van der Waals surface area contributed by atoms with Crippen LogP contribution in [-0.2, 0) is 6.42 Å². The van der Waals surface area contributed by atoms with Gasteiger partial charge in [-0.15, -0.1) is 0 Å². The van der Waals surface area contributed by atoms with Gasteiger partial charge in [-0.1, -0.05) is 55.5 Å². The van der Waals surface area contributed by atoms with E-state index < -0.39 is 17.5 Å². The van der Waals surface area contributed by atoms with Crippen LogP contribution in [0.5, 0.6) is 0 Å².